The fraction of sp³-hybridized carbons (Fsp3) is 0.579. The Morgan fingerprint density at radius 3 is 2.58 bits per heavy atom. The lowest BCUT2D eigenvalue weighted by Gasteiger charge is -2.44. The van der Waals surface area contributed by atoms with E-state index in [1.165, 1.54) is 4.90 Å². The highest BCUT2D eigenvalue weighted by Gasteiger charge is 2.54. The quantitative estimate of drug-likeness (QED) is 0.861. The molecule has 1 amide bonds. The molecule has 142 valence electrons. The number of carbonyl (C=O) groups excluding carboxylic acids is 1. The van der Waals surface area contributed by atoms with Crippen molar-refractivity contribution in [1.82, 2.24) is 9.80 Å². The summed E-state index contributed by atoms with van der Waals surface area (Å²) < 4.78 is 11.5. The molecule has 1 spiro atoms. The molecule has 0 bridgehead atoms. The second kappa shape index (κ2) is 7.63. The fourth-order valence-corrected chi connectivity index (χ4v) is 3.83. The van der Waals surface area contributed by atoms with Crippen molar-refractivity contribution in [2.24, 2.45) is 0 Å². The van der Waals surface area contributed by atoms with Gasteiger partial charge in [-0.2, -0.15) is 0 Å². The first-order valence-corrected chi connectivity index (χ1v) is 9.17. The largest absolute Gasteiger partial charge is 0.493 e. The van der Waals surface area contributed by atoms with E-state index >= 15 is 0 Å². The molecule has 3 rings (SSSR count). The van der Waals surface area contributed by atoms with Crippen LogP contribution in [0.2, 0.25) is 0 Å². The normalized spacial score (nSPS) is 22.5. The molecule has 0 aromatic heterocycles. The van der Waals surface area contributed by atoms with Crippen molar-refractivity contribution in [3.05, 3.63) is 29.8 Å². The van der Waals surface area contributed by atoms with Crippen LogP contribution in [0.15, 0.2) is 24.3 Å². The van der Waals surface area contributed by atoms with Gasteiger partial charge >= 0.3 is 5.97 Å². The summed E-state index contributed by atoms with van der Waals surface area (Å²) in [6, 6.07) is 5.99. The molecule has 1 unspecified atom stereocenters. The van der Waals surface area contributed by atoms with Gasteiger partial charge in [-0.1, -0.05) is 19.1 Å². The van der Waals surface area contributed by atoms with Gasteiger partial charge in [0, 0.05) is 25.9 Å². The van der Waals surface area contributed by atoms with Gasteiger partial charge in [0.25, 0.3) is 5.91 Å². The van der Waals surface area contributed by atoms with Gasteiger partial charge in [0.2, 0.25) is 0 Å². The number of benzene rings is 1. The van der Waals surface area contributed by atoms with E-state index in [9.17, 15) is 14.7 Å². The van der Waals surface area contributed by atoms with Crippen LogP contribution in [0.1, 0.15) is 37.0 Å². The third-order valence-electron chi connectivity index (χ3n) is 5.27. The van der Waals surface area contributed by atoms with Gasteiger partial charge in [0.15, 0.2) is 6.04 Å². The lowest BCUT2D eigenvalue weighted by molar-refractivity contribution is -0.143. The van der Waals surface area contributed by atoms with E-state index in [1.54, 1.807) is 24.3 Å². The van der Waals surface area contributed by atoms with Crippen molar-refractivity contribution in [3.8, 4) is 5.75 Å². The Kier molecular flexibility index (Phi) is 5.48. The molecule has 2 heterocycles. The molecule has 1 aromatic carbocycles. The van der Waals surface area contributed by atoms with Crippen molar-refractivity contribution >= 4 is 11.9 Å². The number of rotatable bonds is 5. The number of carboxylic acids is 1. The predicted octanol–water partition coefficient (Wildman–Crippen LogP) is 1.82. The second-order valence-electron chi connectivity index (χ2n) is 6.65. The number of amides is 1. The number of ether oxygens (including phenoxy) is 2. The molecular formula is C19H26N2O5. The number of nitrogens with zero attached hydrogens (tertiary/aromatic N) is 2. The number of likely N-dealkylation sites (tertiary alicyclic amines) is 1. The maximum Gasteiger partial charge on any atom is 0.328 e. The highest BCUT2D eigenvalue weighted by molar-refractivity contribution is 5.99. The molecule has 1 aromatic rings. The Balaban J connectivity index is 1.95. The van der Waals surface area contributed by atoms with Gasteiger partial charge in [-0.05, 0) is 25.6 Å². The summed E-state index contributed by atoms with van der Waals surface area (Å²) in [5.41, 5.74) is -0.478. The van der Waals surface area contributed by atoms with Gasteiger partial charge < -0.3 is 19.5 Å². The van der Waals surface area contributed by atoms with Crippen LogP contribution in [0, 0.1) is 0 Å². The number of carboxylic acid groups (broad SMARTS) is 1. The predicted molar refractivity (Wildman–Crippen MR) is 95.2 cm³/mol. The minimum Gasteiger partial charge on any atom is -0.493 e. The molecule has 7 heteroatoms. The Morgan fingerprint density at radius 2 is 1.96 bits per heavy atom. The summed E-state index contributed by atoms with van der Waals surface area (Å²) in [6.45, 7) is 6.87. The average Bonchev–Trinajstić information content (AvgIpc) is 3.02. The first-order valence-electron chi connectivity index (χ1n) is 9.17. The molecule has 2 saturated heterocycles. The van der Waals surface area contributed by atoms with Gasteiger partial charge in [-0.25, -0.2) is 4.79 Å². The van der Waals surface area contributed by atoms with Crippen LogP contribution in [-0.4, -0.2) is 71.4 Å². The summed E-state index contributed by atoms with van der Waals surface area (Å²) in [4.78, 5) is 28.9. The summed E-state index contributed by atoms with van der Waals surface area (Å²) in [6.07, 6.45) is 1.21. The molecule has 26 heavy (non-hydrogen) atoms. The molecule has 2 fully saturated rings. The second-order valence-corrected chi connectivity index (χ2v) is 6.65. The standard InChI is InChI=1S/C19H26N2O5/c1-3-20-11-9-19(10-12-20)21(15(13-26-19)18(23)24)17(22)14-7-5-6-8-16(14)25-4-2/h5-8,15H,3-4,9-13H2,1-2H3,(H,23,24). The number of hydrogen-bond acceptors (Lipinski definition) is 5. The zero-order chi connectivity index (χ0) is 18.7. The van der Waals surface area contributed by atoms with Crippen LogP contribution in [0.4, 0.5) is 0 Å². The van der Waals surface area contributed by atoms with Crippen molar-refractivity contribution in [2.75, 3.05) is 32.8 Å². The number of piperidine rings is 1. The summed E-state index contributed by atoms with van der Waals surface area (Å²) >= 11 is 0. The van der Waals surface area contributed by atoms with Crippen LogP contribution >= 0.6 is 0 Å². The molecule has 0 radical (unpaired) electrons. The van der Waals surface area contributed by atoms with E-state index in [2.05, 4.69) is 11.8 Å². The maximum absolute atomic E-state index is 13.4. The minimum absolute atomic E-state index is 0.0179. The van der Waals surface area contributed by atoms with Crippen molar-refractivity contribution < 1.29 is 24.2 Å². The van der Waals surface area contributed by atoms with Gasteiger partial charge in [-0.15, -0.1) is 0 Å². The smallest absolute Gasteiger partial charge is 0.328 e. The zero-order valence-electron chi connectivity index (χ0n) is 15.3. The highest BCUT2D eigenvalue weighted by atomic mass is 16.5. The molecule has 1 atom stereocenters. The van der Waals surface area contributed by atoms with Crippen molar-refractivity contribution in [2.45, 2.75) is 38.5 Å². The lowest BCUT2D eigenvalue weighted by atomic mass is 9.96. The highest BCUT2D eigenvalue weighted by Crippen LogP contribution is 2.39. The Hall–Kier alpha value is -2.12. The van der Waals surface area contributed by atoms with E-state index in [0.29, 0.717) is 30.8 Å². The number of carbonyl (C=O) groups is 2. The van der Waals surface area contributed by atoms with Crippen LogP contribution in [0.3, 0.4) is 0 Å². The first-order chi connectivity index (χ1) is 12.5. The van der Waals surface area contributed by atoms with Crippen LogP contribution < -0.4 is 4.74 Å². The van der Waals surface area contributed by atoms with Crippen LogP contribution in [0.5, 0.6) is 5.75 Å². The number of hydrogen-bond donors (Lipinski definition) is 1. The van der Waals surface area contributed by atoms with E-state index in [-0.39, 0.29) is 12.5 Å². The fourth-order valence-electron chi connectivity index (χ4n) is 3.83. The number of para-hydroxylation sites is 1. The van der Waals surface area contributed by atoms with Gasteiger partial charge in [0.1, 0.15) is 11.5 Å². The Bertz CT molecular complexity index is 670. The van der Waals surface area contributed by atoms with Gasteiger partial charge in [-0.3, -0.25) is 9.69 Å². The SMILES string of the molecule is CCOc1ccccc1C(=O)N1C(C(=O)O)COC12CCN(CC)CC2. The number of aliphatic carboxylic acids is 1. The summed E-state index contributed by atoms with van der Waals surface area (Å²) in [5, 5.41) is 9.65. The van der Waals surface area contributed by atoms with E-state index in [1.807, 2.05) is 6.92 Å². The average molecular weight is 362 g/mol. The molecule has 0 saturated carbocycles. The topological polar surface area (TPSA) is 79.3 Å². The Labute approximate surface area is 153 Å². The van der Waals surface area contributed by atoms with Crippen molar-refractivity contribution in [3.63, 3.8) is 0 Å². The minimum atomic E-state index is -1.04. The first kappa shape index (κ1) is 18.7. The third kappa shape index (κ3) is 3.29. The van der Waals surface area contributed by atoms with E-state index in [0.717, 1.165) is 19.6 Å². The van der Waals surface area contributed by atoms with Crippen LogP contribution in [0.25, 0.3) is 0 Å². The van der Waals surface area contributed by atoms with Gasteiger partial charge in [0.05, 0.1) is 18.8 Å². The zero-order valence-corrected chi connectivity index (χ0v) is 15.3. The van der Waals surface area contributed by atoms with E-state index < -0.39 is 17.7 Å². The third-order valence-corrected chi connectivity index (χ3v) is 5.27. The molecule has 2 aliphatic rings. The maximum atomic E-state index is 13.4. The summed E-state index contributed by atoms with van der Waals surface area (Å²) in [5.74, 6) is -0.914. The molecule has 7 nitrogen and oxygen atoms in total. The molecular weight excluding hydrogens is 336 g/mol. The van der Waals surface area contributed by atoms with Crippen LogP contribution in [-0.2, 0) is 9.53 Å². The van der Waals surface area contributed by atoms with E-state index in [4.69, 9.17) is 9.47 Å². The lowest BCUT2D eigenvalue weighted by Crippen LogP contribution is -2.58. The monoisotopic (exact) mass is 362 g/mol. The molecule has 0 aliphatic carbocycles. The van der Waals surface area contributed by atoms with Crippen molar-refractivity contribution in [1.29, 1.82) is 0 Å². The molecule has 1 N–H and O–H groups in total. The molecule has 2 aliphatic heterocycles. The Morgan fingerprint density at radius 1 is 1.27 bits per heavy atom. The summed E-state index contributed by atoms with van der Waals surface area (Å²) in [7, 11) is 0.